The van der Waals surface area contributed by atoms with Crippen LogP contribution in [0.3, 0.4) is 0 Å². The first-order valence-electron chi connectivity index (χ1n) is 9.08. The van der Waals surface area contributed by atoms with Crippen molar-refractivity contribution >= 4 is 11.6 Å². The quantitative estimate of drug-likeness (QED) is 0.773. The highest BCUT2D eigenvalue weighted by Crippen LogP contribution is 2.24. The van der Waals surface area contributed by atoms with Crippen molar-refractivity contribution in [1.82, 2.24) is 14.8 Å². The summed E-state index contributed by atoms with van der Waals surface area (Å²) in [6.45, 7) is 0.950. The molecule has 134 valence electrons. The van der Waals surface area contributed by atoms with Crippen molar-refractivity contribution in [2.75, 3.05) is 5.32 Å². The third-order valence-corrected chi connectivity index (χ3v) is 4.76. The van der Waals surface area contributed by atoms with Crippen molar-refractivity contribution < 1.29 is 4.79 Å². The van der Waals surface area contributed by atoms with E-state index in [2.05, 4.69) is 20.1 Å². The molecule has 0 radical (unpaired) electrons. The Morgan fingerprint density at radius 3 is 2.74 bits per heavy atom. The topological polar surface area (TPSA) is 83.6 Å². The molecule has 3 aromatic rings. The fourth-order valence-corrected chi connectivity index (χ4v) is 3.33. The molecule has 2 heterocycles. The molecule has 0 fully saturated rings. The molecule has 0 saturated carbocycles. The van der Waals surface area contributed by atoms with Crippen LogP contribution in [0.5, 0.6) is 0 Å². The summed E-state index contributed by atoms with van der Waals surface area (Å²) in [6, 6.07) is 16.3. The SMILES string of the molecule is N#Cc1cccc(C(=O)Nc2ccc(-c3nnc4n3CCCCC4)cc2)c1. The van der Waals surface area contributed by atoms with E-state index in [0.717, 1.165) is 43.0 Å². The van der Waals surface area contributed by atoms with Crippen molar-refractivity contribution in [3.05, 3.63) is 65.5 Å². The zero-order valence-corrected chi connectivity index (χ0v) is 14.9. The molecule has 1 aliphatic rings. The Balaban J connectivity index is 1.52. The number of nitrogens with zero attached hydrogens (tertiary/aromatic N) is 4. The summed E-state index contributed by atoms with van der Waals surface area (Å²) in [5.74, 6) is 1.69. The molecule has 0 bridgehead atoms. The average Bonchev–Trinajstić information content (AvgIpc) is 2.96. The van der Waals surface area contributed by atoms with E-state index in [1.54, 1.807) is 24.3 Å². The normalized spacial score (nSPS) is 13.3. The third kappa shape index (κ3) is 3.58. The summed E-state index contributed by atoms with van der Waals surface area (Å²) in [6.07, 6.45) is 4.51. The fourth-order valence-electron chi connectivity index (χ4n) is 3.33. The van der Waals surface area contributed by atoms with Crippen molar-refractivity contribution in [2.24, 2.45) is 0 Å². The molecule has 4 rings (SSSR count). The maximum atomic E-state index is 12.4. The molecular formula is C21H19N5O. The summed E-state index contributed by atoms with van der Waals surface area (Å²) in [7, 11) is 0. The van der Waals surface area contributed by atoms with Crippen molar-refractivity contribution in [1.29, 1.82) is 5.26 Å². The van der Waals surface area contributed by atoms with Gasteiger partial charge in [-0.1, -0.05) is 12.5 Å². The molecule has 0 unspecified atom stereocenters. The van der Waals surface area contributed by atoms with E-state index in [1.165, 1.54) is 6.42 Å². The molecule has 0 spiro atoms. The van der Waals surface area contributed by atoms with E-state index >= 15 is 0 Å². The Morgan fingerprint density at radius 1 is 1.07 bits per heavy atom. The van der Waals surface area contributed by atoms with Gasteiger partial charge in [0.2, 0.25) is 0 Å². The van der Waals surface area contributed by atoms with E-state index in [9.17, 15) is 4.79 Å². The van der Waals surface area contributed by atoms with E-state index in [4.69, 9.17) is 5.26 Å². The summed E-state index contributed by atoms with van der Waals surface area (Å²) < 4.78 is 2.20. The maximum absolute atomic E-state index is 12.4. The number of carbonyl (C=O) groups excluding carboxylic acids is 1. The molecule has 27 heavy (non-hydrogen) atoms. The number of hydrogen-bond donors (Lipinski definition) is 1. The monoisotopic (exact) mass is 357 g/mol. The minimum atomic E-state index is -0.240. The van der Waals surface area contributed by atoms with Gasteiger partial charge < -0.3 is 9.88 Å². The Morgan fingerprint density at radius 2 is 1.93 bits per heavy atom. The van der Waals surface area contributed by atoms with Gasteiger partial charge in [-0.2, -0.15) is 5.26 Å². The minimum absolute atomic E-state index is 0.240. The molecule has 0 atom stereocenters. The lowest BCUT2D eigenvalue weighted by Gasteiger charge is -2.09. The van der Waals surface area contributed by atoms with Crippen LogP contribution in [0.2, 0.25) is 0 Å². The number of nitriles is 1. The number of fused-ring (bicyclic) bond motifs is 1. The molecule has 0 saturated heterocycles. The summed E-state index contributed by atoms with van der Waals surface area (Å²) in [5, 5.41) is 20.5. The predicted octanol–water partition coefficient (Wildman–Crippen LogP) is 3.80. The lowest BCUT2D eigenvalue weighted by Crippen LogP contribution is -2.12. The van der Waals surface area contributed by atoms with Crippen LogP contribution in [0.25, 0.3) is 11.4 Å². The first-order valence-corrected chi connectivity index (χ1v) is 9.08. The van der Waals surface area contributed by atoms with E-state index in [-0.39, 0.29) is 5.91 Å². The number of nitrogens with one attached hydrogen (secondary N) is 1. The lowest BCUT2D eigenvalue weighted by molar-refractivity contribution is 0.102. The molecule has 1 aromatic heterocycles. The Hall–Kier alpha value is -3.46. The van der Waals surface area contributed by atoms with Crippen molar-refractivity contribution in [2.45, 2.75) is 32.2 Å². The lowest BCUT2D eigenvalue weighted by atomic mass is 10.1. The Kier molecular flexibility index (Phi) is 4.67. The standard InChI is InChI=1S/C21H19N5O/c22-14-15-5-4-6-17(13-15)21(27)23-18-10-8-16(9-11-18)20-25-24-19-7-2-1-3-12-26(19)20/h4-6,8-11,13H,1-3,7,12H2,(H,23,27). The largest absolute Gasteiger partial charge is 0.322 e. The molecule has 6 nitrogen and oxygen atoms in total. The van der Waals surface area contributed by atoms with Gasteiger partial charge in [0, 0.05) is 29.8 Å². The van der Waals surface area contributed by atoms with E-state index in [0.29, 0.717) is 16.8 Å². The van der Waals surface area contributed by atoms with Crippen LogP contribution in [0, 0.1) is 11.3 Å². The van der Waals surface area contributed by atoms with E-state index in [1.807, 2.05) is 30.3 Å². The van der Waals surface area contributed by atoms with Gasteiger partial charge in [0.05, 0.1) is 11.6 Å². The van der Waals surface area contributed by atoms with Crippen LogP contribution in [-0.2, 0) is 13.0 Å². The Bertz CT molecular complexity index is 1010. The predicted molar refractivity (Wildman–Crippen MR) is 102 cm³/mol. The second-order valence-electron chi connectivity index (χ2n) is 6.63. The van der Waals surface area contributed by atoms with Crippen LogP contribution >= 0.6 is 0 Å². The third-order valence-electron chi connectivity index (χ3n) is 4.76. The molecule has 2 aromatic carbocycles. The molecule has 1 N–H and O–H groups in total. The number of aromatic nitrogens is 3. The van der Waals surface area contributed by atoms with Gasteiger partial charge in [-0.25, -0.2) is 0 Å². The highest BCUT2D eigenvalue weighted by molar-refractivity contribution is 6.04. The van der Waals surface area contributed by atoms with Crippen LogP contribution in [0.1, 0.15) is 41.0 Å². The molecule has 1 aliphatic heterocycles. The average molecular weight is 357 g/mol. The van der Waals surface area contributed by atoms with Crippen LogP contribution < -0.4 is 5.32 Å². The smallest absolute Gasteiger partial charge is 0.255 e. The van der Waals surface area contributed by atoms with E-state index < -0.39 is 0 Å². The number of rotatable bonds is 3. The second kappa shape index (κ2) is 7.42. The highest BCUT2D eigenvalue weighted by Gasteiger charge is 2.16. The zero-order valence-electron chi connectivity index (χ0n) is 14.9. The maximum Gasteiger partial charge on any atom is 0.255 e. The van der Waals surface area contributed by atoms with Gasteiger partial charge in [0.1, 0.15) is 5.82 Å². The summed E-state index contributed by atoms with van der Waals surface area (Å²) >= 11 is 0. The minimum Gasteiger partial charge on any atom is -0.322 e. The number of anilines is 1. The number of aryl methyl sites for hydroxylation is 1. The van der Waals surface area contributed by atoms with Gasteiger partial charge in [0.15, 0.2) is 5.82 Å². The number of benzene rings is 2. The summed E-state index contributed by atoms with van der Waals surface area (Å²) in [5.41, 5.74) is 2.60. The van der Waals surface area contributed by atoms with Crippen LogP contribution in [-0.4, -0.2) is 20.7 Å². The van der Waals surface area contributed by atoms with Gasteiger partial charge >= 0.3 is 0 Å². The molecule has 0 aliphatic carbocycles. The molecular weight excluding hydrogens is 338 g/mol. The first kappa shape index (κ1) is 17.0. The summed E-state index contributed by atoms with van der Waals surface area (Å²) in [4.78, 5) is 12.4. The second-order valence-corrected chi connectivity index (χ2v) is 6.63. The van der Waals surface area contributed by atoms with Gasteiger partial charge in [-0.3, -0.25) is 4.79 Å². The van der Waals surface area contributed by atoms with Gasteiger partial charge in [0.25, 0.3) is 5.91 Å². The van der Waals surface area contributed by atoms with Crippen molar-refractivity contribution in [3.8, 4) is 17.5 Å². The van der Waals surface area contributed by atoms with Gasteiger partial charge in [-0.15, -0.1) is 10.2 Å². The molecule has 1 amide bonds. The molecule has 6 heteroatoms. The number of amides is 1. The number of hydrogen-bond acceptors (Lipinski definition) is 4. The Labute approximate surface area is 157 Å². The van der Waals surface area contributed by atoms with Crippen LogP contribution in [0.4, 0.5) is 5.69 Å². The van der Waals surface area contributed by atoms with Crippen molar-refractivity contribution in [3.63, 3.8) is 0 Å². The van der Waals surface area contributed by atoms with Crippen LogP contribution in [0.15, 0.2) is 48.5 Å². The first-order chi connectivity index (χ1) is 13.2. The van der Waals surface area contributed by atoms with Gasteiger partial charge in [-0.05, 0) is 55.3 Å². The fraction of sp³-hybridized carbons (Fsp3) is 0.238. The zero-order chi connectivity index (χ0) is 18.6. The number of carbonyl (C=O) groups is 1. The highest BCUT2D eigenvalue weighted by atomic mass is 16.1.